The second-order valence-electron chi connectivity index (χ2n) is 10.7. The van der Waals surface area contributed by atoms with E-state index in [4.69, 9.17) is 16.3 Å². The van der Waals surface area contributed by atoms with Crippen molar-refractivity contribution in [1.82, 2.24) is 0 Å². The van der Waals surface area contributed by atoms with Gasteiger partial charge >= 0.3 is 0 Å². The molecule has 2 saturated carbocycles. The highest BCUT2D eigenvalue weighted by molar-refractivity contribution is 6.32. The topological polar surface area (TPSA) is 9.23 Å². The van der Waals surface area contributed by atoms with Gasteiger partial charge in [0.1, 0.15) is 0 Å². The molecule has 0 heterocycles. The number of halogens is 2. The van der Waals surface area contributed by atoms with Crippen molar-refractivity contribution in [2.24, 2.45) is 29.6 Å². The Balaban J connectivity index is 1.28. The minimum atomic E-state index is -0.420. The molecule has 0 radical (unpaired) electrons. The van der Waals surface area contributed by atoms with Gasteiger partial charge in [0.15, 0.2) is 11.6 Å². The Bertz CT molecular complexity index is 772. The zero-order chi connectivity index (χ0) is 22.5. The van der Waals surface area contributed by atoms with E-state index in [-0.39, 0.29) is 10.8 Å². The van der Waals surface area contributed by atoms with Gasteiger partial charge in [0.25, 0.3) is 0 Å². The van der Waals surface area contributed by atoms with Crippen LogP contribution in [0.25, 0.3) is 5.57 Å². The van der Waals surface area contributed by atoms with Crippen molar-refractivity contribution in [2.45, 2.75) is 97.3 Å². The smallest absolute Gasteiger partial charge is 0.184 e. The minimum absolute atomic E-state index is 0.217. The van der Waals surface area contributed by atoms with Crippen molar-refractivity contribution < 1.29 is 9.13 Å². The number of benzene rings is 1. The van der Waals surface area contributed by atoms with Crippen LogP contribution in [0.15, 0.2) is 18.2 Å². The van der Waals surface area contributed by atoms with E-state index in [0.29, 0.717) is 6.61 Å². The molecule has 2 fully saturated rings. The fourth-order valence-electron chi connectivity index (χ4n) is 7.02. The van der Waals surface area contributed by atoms with Crippen molar-refractivity contribution in [2.75, 3.05) is 6.61 Å². The zero-order valence-corrected chi connectivity index (χ0v) is 20.9. The van der Waals surface area contributed by atoms with Crippen LogP contribution < -0.4 is 4.74 Å². The summed E-state index contributed by atoms with van der Waals surface area (Å²) in [6, 6.07) is 3.66. The molecule has 178 valence electrons. The molecule has 0 bridgehead atoms. The Morgan fingerprint density at radius 1 is 0.875 bits per heavy atom. The lowest BCUT2D eigenvalue weighted by Crippen LogP contribution is -2.28. The van der Waals surface area contributed by atoms with Gasteiger partial charge in [-0.05, 0) is 118 Å². The van der Waals surface area contributed by atoms with Crippen molar-refractivity contribution >= 4 is 17.2 Å². The maximum Gasteiger partial charge on any atom is 0.184 e. The van der Waals surface area contributed by atoms with Gasteiger partial charge in [-0.15, -0.1) is 0 Å². The molecule has 0 N–H and O–H groups in total. The third kappa shape index (κ3) is 5.54. The van der Waals surface area contributed by atoms with Gasteiger partial charge in [-0.25, -0.2) is 4.39 Å². The largest absolute Gasteiger partial charge is 0.491 e. The molecule has 1 unspecified atom stereocenters. The van der Waals surface area contributed by atoms with Crippen LogP contribution in [0.1, 0.15) is 103 Å². The van der Waals surface area contributed by atoms with Crippen LogP contribution in [0.2, 0.25) is 5.02 Å². The van der Waals surface area contributed by atoms with Crippen LogP contribution in [-0.2, 0) is 0 Å². The second kappa shape index (κ2) is 11.4. The monoisotopic (exact) mass is 460 g/mol. The van der Waals surface area contributed by atoms with E-state index in [1.54, 1.807) is 6.07 Å². The average molecular weight is 461 g/mol. The highest BCUT2D eigenvalue weighted by atomic mass is 35.5. The summed E-state index contributed by atoms with van der Waals surface area (Å²) in [4.78, 5) is 0. The van der Waals surface area contributed by atoms with Gasteiger partial charge in [-0.1, -0.05) is 50.3 Å². The Morgan fingerprint density at radius 2 is 1.50 bits per heavy atom. The van der Waals surface area contributed by atoms with Crippen LogP contribution in [0.4, 0.5) is 4.39 Å². The lowest BCUT2D eigenvalue weighted by Gasteiger charge is -2.40. The normalized spacial score (nSPS) is 31.2. The fourth-order valence-corrected chi connectivity index (χ4v) is 7.30. The van der Waals surface area contributed by atoms with Crippen molar-refractivity contribution in [3.05, 3.63) is 34.6 Å². The van der Waals surface area contributed by atoms with Crippen LogP contribution >= 0.6 is 11.6 Å². The van der Waals surface area contributed by atoms with E-state index < -0.39 is 5.82 Å². The number of rotatable bonds is 7. The molecule has 32 heavy (non-hydrogen) atoms. The molecule has 1 nitrogen and oxygen atoms in total. The predicted molar refractivity (Wildman–Crippen MR) is 134 cm³/mol. The van der Waals surface area contributed by atoms with Gasteiger partial charge in [-0.2, -0.15) is 0 Å². The van der Waals surface area contributed by atoms with Gasteiger partial charge in [0.2, 0.25) is 0 Å². The first-order chi connectivity index (χ1) is 15.6. The van der Waals surface area contributed by atoms with Crippen LogP contribution in [0.3, 0.4) is 0 Å². The highest BCUT2D eigenvalue weighted by Crippen LogP contribution is 2.46. The van der Waals surface area contributed by atoms with E-state index in [1.165, 1.54) is 76.2 Å². The molecular formula is C29H42ClFO. The summed E-state index contributed by atoms with van der Waals surface area (Å²) in [6.07, 6.45) is 20.2. The van der Waals surface area contributed by atoms with Gasteiger partial charge < -0.3 is 4.74 Å². The van der Waals surface area contributed by atoms with Crippen LogP contribution in [-0.4, -0.2) is 6.61 Å². The quantitative estimate of drug-likeness (QED) is 0.393. The van der Waals surface area contributed by atoms with Crippen LogP contribution in [0, 0.1) is 35.4 Å². The lowest BCUT2D eigenvalue weighted by atomic mass is 9.65. The number of hydrogen-bond donors (Lipinski definition) is 0. The van der Waals surface area contributed by atoms with Crippen LogP contribution in [0.5, 0.6) is 5.75 Å². The van der Waals surface area contributed by atoms with Gasteiger partial charge in [0.05, 0.1) is 11.6 Å². The molecular weight excluding hydrogens is 419 g/mol. The molecule has 0 spiro atoms. The minimum Gasteiger partial charge on any atom is -0.491 e. The van der Waals surface area contributed by atoms with Crippen molar-refractivity contribution in [3.8, 4) is 5.75 Å². The summed E-state index contributed by atoms with van der Waals surface area (Å²) >= 11 is 6.37. The predicted octanol–water partition coefficient (Wildman–Crippen LogP) is 9.47. The van der Waals surface area contributed by atoms with Gasteiger partial charge in [-0.3, -0.25) is 0 Å². The standard InChI is InChI=1S/C29H42ClFO/c1-3-5-20-6-8-21(9-7-20)22-10-12-23(13-11-22)24-14-16-25(17-15-24)26-18-19-27(32-4-2)29(31)28(26)30/h16,18-24H,3-15,17H2,1-2H3. The van der Waals surface area contributed by atoms with E-state index >= 15 is 0 Å². The van der Waals surface area contributed by atoms with E-state index in [0.717, 1.165) is 48.0 Å². The molecule has 0 amide bonds. The second-order valence-corrected chi connectivity index (χ2v) is 11.1. The summed E-state index contributed by atoms with van der Waals surface area (Å²) in [7, 11) is 0. The molecule has 3 aliphatic carbocycles. The zero-order valence-electron chi connectivity index (χ0n) is 20.2. The average Bonchev–Trinajstić information content (AvgIpc) is 2.83. The van der Waals surface area contributed by atoms with Crippen molar-refractivity contribution in [3.63, 3.8) is 0 Å². The summed E-state index contributed by atoms with van der Waals surface area (Å²) in [6.45, 7) is 4.64. The molecule has 0 saturated heterocycles. The summed E-state index contributed by atoms with van der Waals surface area (Å²) in [5.74, 6) is 4.54. The first kappa shape index (κ1) is 24.1. The maximum absolute atomic E-state index is 14.5. The SMILES string of the molecule is CCCC1CCC(C2CCC(C3CC=C(c4ccc(OCC)c(F)c4Cl)CC3)CC2)CC1. The molecule has 4 rings (SSSR count). The highest BCUT2D eigenvalue weighted by Gasteiger charge is 2.33. The first-order valence-electron chi connectivity index (χ1n) is 13.4. The summed E-state index contributed by atoms with van der Waals surface area (Å²) in [5, 5.41) is 0.217. The fraction of sp³-hybridized carbons (Fsp3) is 0.724. The Morgan fingerprint density at radius 3 is 2.06 bits per heavy atom. The number of hydrogen-bond acceptors (Lipinski definition) is 1. The third-order valence-corrected chi connectivity index (χ3v) is 9.25. The van der Waals surface area contributed by atoms with E-state index in [2.05, 4.69) is 13.0 Å². The summed E-state index contributed by atoms with van der Waals surface area (Å²) < 4.78 is 19.9. The molecule has 1 aromatic carbocycles. The molecule has 3 aliphatic rings. The number of ether oxygens (including phenoxy) is 1. The Hall–Kier alpha value is -1.02. The molecule has 0 aromatic heterocycles. The Labute approximate surface area is 200 Å². The first-order valence-corrected chi connectivity index (χ1v) is 13.8. The third-order valence-electron chi connectivity index (χ3n) is 8.88. The summed E-state index contributed by atoms with van der Waals surface area (Å²) in [5.41, 5.74) is 2.07. The Kier molecular flexibility index (Phi) is 8.60. The lowest BCUT2D eigenvalue weighted by molar-refractivity contribution is 0.121. The molecule has 1 atom stereocenters. The molecule has 0 aliphatic heterocycles. The molecule has 3 heteroatoms. The van der Waals surface area contributed by atoms with Crippen molar-refractivity contribution in [1.29, 1.82) is 0 Å². The van der Waals surface area contributed by atoms with E-state index in [9.17, 15) is 4.39 Å². The molecule has 1 aromatic rings. The van der Waals surface area contributed by atoms with E-state index in [1.807, 2.05) is 13.0 Å². The number of allylic oxidation sites excluding steroid dienone is 2. The van der Waals surface area contributed by atoms with Gasteiger partial charge in [0, 0.05) is 0 Å². The maximum atomic E-state index is 14.5.